The summed E-state index contributed by atoms with van der Waals surface area (Å²) < 4.78 is 1.88. The van der Waals surface area contributed by atoms with Crippen LogP contribution in [0.5, 0.6) is 0 Å². The van der Waals surface area contributed by atoms with Crippen molar-refractivity contribution in [1.29, 1.82) is 0 Å². The normalized spacial score (nSPS) is 9.00. The summed E-state index contributed by atoms with van der Waals surface area (Å²) in [5.74, 6) is 0. The molecule has 0 aliphatic heterocycles. The third-order valence-electron chi connectivity index (χ3n) is 1.04. The van der Waals surface area contributed by atoms with Gasteiger partial charge in [0, 0.05) is 5.38 Å². The lowest BCUT2D eigenvalue weighted by Gasteiger charge is -1.71. The van der Waals surface area contributed by atoms with Crippen LogP contribution in [0.15, 0.2) is 23.7 Å². The molecule has 0 aliphatic carbocycles. The van der Waals surface area contributed by atoms with Crippen LogP contribution >= 0.6 is 11.5 Å². The van der Waals surface area contributed by atoms with Crippen molar-refractivity contribution < 1.29 is 0 Å². The van der Waals surface area contributed by atoms with Crippen molar-refractivity contribution >= 4 is 17.0 Å². The fraction of sp³-hybridized carbons (Fsp3) is 0.286. The van der Waals surface area contributed by atoms with Crippen molar-refractivity contribution in [2.24, 2.45) is 0 Å². The summed E-state index contributed by atoms with van der Waals surface area (Å²) in [6.45, 7) is 4.00. The maximum atomic E-state index is 4.01. The summed E-state index contributed by atoms with van der Waals surface area (Å²) >= 11 is 1.60. The van der Waals surface area contributed by atoms with Crippen LogP contribution in [0.2, 0.25) is 0 Å². The van der Waals surface area contributed by atoms with Crippen molar-refractivity contribution in [3.8, 4) is 0 Å². The van der Waals surface area contributed by atoms with Gasteiger partial charge >= 0.3 is 0 Å². The van der Waals surface area contributed by atoms with Crippen molar-refractivity contribution in [2.45, 2.75) is 13.8 Å². The zero-order valence-corrected chi connectivity index (χ0v) is 6.93. The monoisotopic (exact) mass is 154 g/mol. The first-order chi connectivity index (χ1) is 4.97. The highest BCUT2D eigenvalue weighted by Gasteiger charge is 1.88. The molecule has 0 aromatic carbocycles. The number of nitrogens with zero attached hydrogens (tertiary/aromatic N) is 2. The molecule has 3 heteroatoms. The second-order valence-electron chi connectivity index (χ2n) is 1.54. The molecule has 2 rings (SSSR count). The molecule has 0 saturated carbocycles. The lowest BCUT2D eigenvalue weighted by Crippen LogP contribution is -1.70. The summed E-state index contributed by atoms with van der Waals surface area (Å²) in [5, 5.41) is 6.03. The van der Waals surface area contributed by atoms with Crippen LogP contribution in [0.4, 0.5) is 0 Å². The summed E-state index contributed by atoms with van der Waals surface area (Å²) in [7, 11) is 0. The van der Waals surface area contributed by atoms with Gasteiger partial charge in [-0.1, -0.05) is 13.8 Å². The van der Waals surface area contributed by atoms with Crippen molar-refractivity contribution in [3.05, 3.63) is 23.7 Å². The Labute approximate surface area is 64.3 Å². The lowest BCUT2D eigenvalue weighted by molar-refractivity contribution is 1.07. The number of fused-ring (bicyclic) bond motifs is 1. The van der Waals surface area contributed by atoms with Gasteiger partial charge in [0.2, 0.25) is 0 Å². The Kier molecular flexibility index (Phi) is 2.45. The fourth-order valence-corrected chi connectivity index (χ4v) is 1.33. The second-order valence-corrected chi connectivity index (χ2v) is 2.37. The van der Waals surface area contributed by atoms with Gasteiger partial charge < -0.3 is 0 Å². The molecule has 0 unspecified atom stereocenters. The lowest BCUT2D eigenvalue weighted by atomic mass is 10.5. The number of rotatable bonds is 0. The Morgan fingerprint density at radius 1 is 1.40 bits per heavy atom. The van der Waals surface area contributed by atoms with Crippen LogP contribution in [-0.2, 0) is 0 Å². The van der Waals surface area contributed by atoms with Gasteiger partial charge in [-0.25, -0.2) is 0 Å². The van der Waals surface area contributed by atoms with E-state index in [-0.39, 0.29) is 0 Å². The predicted molar refractivity (Wildman–Crippen MR) is 44.4 cm³/mol. The van der Waals surface area contributed by atoms with Crippen molar-refractivity contribution in [1.82, 2.24) is 9.00 Å². The molecular formula is C7H10N2S. The average Bonchev–Trinajstić information content (AvgIpc) is 2.49. The molecule has 0 saturated heterocycles. The van der Waals surface area contributed by atoms with E-state index in [4.69, 9.17) is 0 Å². The van der Waals surface area contributed by atoms with E-state index in [9.17, 15) is 0 Å². The van der Waals surface area contributed by atoms with Gasteiger partial charge in [0.1, 0.15) is 0 Å². The van der Waals surface area contributed by atoms with E-state index < -0.39 is 0 Å². The summed E-state index contributed by atoms with van der Waals surface area (Å²) in [5.41, 5.74) is 1.18. The molecule has 0 radical (unpaired) electrons. The first kappa shape index (κ1) is 7.28. The average molecular weight is 154 g/mol. The summed E-state index contributed by atoms with van der Waals surface area (Å²) in [4.78, 5) is 0. The van der Waals surface area contributed by atoms with Crippen molar-refractivity contribution in [3.63, 3.8) is 0 Å². The molecular weight excluding hydrogens is 144 g/mol. The molecule has 0 amide bonds. The molecule has 0 atom stereocenters. The van der Waals surface area contributed by atoms with Gasteiger partial charge in [0.15, 0.2) is 0 Å². The topological polar surface area (TPSA) is 17.3 Å². The Balaban J connectivity index is 0.000000231. The fourth-order valence-electron chi connectivity index (χ4n) is 0.666. The number of hydrogen-bond acceptors (Lipinski definition) is 2. The second kappa shape index (κ2) is 3.37. The van der Waals surface area contributed by atoms with Gasteiger partial charge in [0.25, 0.3) is 0 Å². The Bertz CT molecular complexity index is 233. The van der Waals surface area contributed by atoms with Crippen LogP contribution in [0.3, 0.4) is 0 Å². The smallest absolute Gasteiger partial charge is 0.0791 e. The zero-order chi connectivity index (χ0) is 7.40. The quantitative estimate of drug-likeness (QED) is 0.569. The zero-order valence-electron chi connectivity index (χ0n) is 6.11. The molecule has 2 aromatic rings. The first-order valence-corrected chi connectivity index (χ1v) is 4.18. The minimum Gasteiger partial charge on any atom is -0.187 e. The molecule has 2 aromatic heterocycles. The molecule has 0 bridgehead atoms. The number of aromatic nitrogens is 2. The highest BCUT2D eigenvalue weighted by Crippen LogP contribution is 2.05. The third kappa shape index (κ3) is 1.19. The van der Waals surface area contributed by atoms with E-state index in [0.29, 0.717) is 0 Å². The first-order valence-electron chi connectivity index (χ1n) is 3.34. The van der Waals surface area contributed by atoms with E-state index in [0.717, 1.165) is 0 Å². The van der Waals surface area contributed by atoms with E-state index in [1.165, 1.54) is 5.52 Å². The molecule has 0 spiro atoms. The van der Waals surface area contributed by atoms with Crippen LogP contribution < -0.4 is 0 Å². The largest absolute Gasteiger partial charge is 0.187 e. The van der Waals surface area contributed by atoms with E-state index >= 15 is 0 Å². The Hall–Kier alpha value is -0.830. The third-order valence-corrected chi connectivity index (χ3v) is 1.80. The van der Waals surface area contributed by atoms with Crippen LogP contribution in [0, 0.1) is 0 Å². The van der Waals surface area contributed by atoms with E-state index in [2.05, 4.69) is 5.10 Å². The van der Waals surface area contributed by atoms with Gasteiger partial charge in [-0.15, -0.1) is 0 Å². The number of hydrogen-bond donors (Lipinski definition) is 0. The van der Waals surface area contributed by atoms with Crippen LogP contribution in [0.25, 0.3) is 5.52 Å². The maximum Gasteiger partial charge on any atom is 0.0791 e. The molecule has 10 heavy (non-hydrogen) atoms. The van der Waals surface area contributed by atoms with Gasteiger partial charge in [0.05, 0.1) is 11.7 Å². The van der Waals surface area contributed by atoms with Crippen LogP contribution in [-0.4, -0.2) is 9.00 Å². The molecule has 0 fully saturated rings. The van der Waals surface area contributed by atoms with Gasteiger partial charge in [-0.05, 0) is 23.7 Å². The predicted octanol–water partition coefficient (Wildman–Crippen LogP) is 2.42. The maximum absolute atomic E-state index is 4.01. The minimum absolute atomic E-state index is 1.18. The van der Waals surface area contributed by atoms with Gasteiger partial charge in [-0.3, -0.25) is 0 Å². The highest BCUT2D eigenvalue weighted by atomic mass is 32.1. The van der Waals surface area contributed by atoms with E-state index in [1.54, 1.807) is 17.7 Å². The molecule has 2 nitrogen and oxygen atoms in total. The SMILES string of the molecule is CC.c1cc2ccsn2n1. The molecule has 0 N–H and O–H groups in total. The van der Waals surface area contributed by atoms with E-state index in [1.807, 2.05) is 35.3 Å². The Morgan fingerprint density at radius 3 is 2.90 bits per heavy atom. The standard InChI is InChI=1S/C5H4N2S.C2H6/c1-3-6-7-5(1)2-4-8-7;1-2/h1-4H;1-2H3. The van der Waals surface area contributed by atoms with Gasteiger partial charge in [-0.2, -0.15) is 9.00 Å². The minimum atomic E-state index is 1.18. The van der Waals surface area contributed by atoms with Crippen molar-refractivity contribution in [2.75, 3.05) is 0 Å². The molecule has 54 valence electrons. The highest BCUT2D eigenvalue weighted by molar-refractivity contribution is 7.04. The summed E-state index contributed by atoms with van der Waals surface area (Å²) in [6.07, 6.45) is 1.80. The molecule has 0 aliphatic rings. The molecule has 2 heterocycles. The Morgan fingerprint density at radius 2 is 2.20 bits per heavy atom. The summed E-state index contributed by atoms with van der Waals surface area (Å²) in [6, 6.07) is 4.02. The van der Waals surface area contributed by atoms with Crippen LogP contribution in [0.1, 0.15) is 13.8 Å².